The maximum atomic E-state index is 13.2. The van der Waals surface area contributed by atoms with Gasteiger partial charge in [-0.05, 0) is 43.5 Å². The molecule has 2 aromatic rings. The standard InChI is InChI=1S/C27H34N4O3/c1-5-27(6-2)15-23(32)31(26(28)30-27)18(4)19-10-9-11-20(14-19)25(33)29-24-17(3)16-34-22-13-8-7-12-21(22)24/h7-14,17-18,24H,5-6,15-16H2,1-4H3,(H2,28,30)(H,29,33)/t17-,18+,24-/m0/s1. The maximum absolute atomic E-state index is 13.2. The lowest BCUT2D eigenvalue weighted by molar-refractivity contribution is -0.132. The van der Waals surface area contributed by atoms with Gasteiger partial charge in [0.2, 0.25) is 5.91 Å². The van der Waals surface area contributed by atoms with Crippen molar-refractivity contribution in [3.8, 4) is 5.75 Å². The molecule has 2 amide bonds. The molecule has 7 nitrogen and oxygen atoms in total. The molecule has 3 atom stereocenters. The number of amides is 2. The van der Waals surface area contributed by atoms with Crippen molar-refractivity contribution in [3.63, 3.8) is 0 Å². The van der Waals surface area contributed by atoms with Crippen LogP contribution in [0.1, 0.15) is 80.5 Å². The summed E-state index contributed by atoms with van der Waals surface area (Å²) in [5, 5.41) is 15.0. The molecule has 2 aromatic carbocycles. The number of rotatable bonds is 6. The number of guanidine groups is 1. The van der Waals surface area contributed by atoms with Crippen LogP contribution in [0.25, 0.3) is 0 Å². The summed E-state index contributed by atoms with van der Waals surface area (Å²) >= 11 is 0. The topological polar surface area (TPSA) is 94.5 Å². The molecule has 7 heteroatoms. The summed E-state index contributed by atoms with van der Waals surface area (Å²) in [5.74, 6) is 0.822. The number of nitrogens with zero attached hydrogens (tertiary/aromatic N) is 1. The lowest BCUT2D eigenvalue weighted by Gasteiger charge is -2.44. The molecule has 180 valence electrons. The molecular formula is C27H34N4O3. The molecule has 34 heavy (non-hydrogen) atoms. The van der Waals surface area contributed by atoms with Crippen molar-refractivity contribution in [1.82, 2.24) is 15.5 Å². The third kappa shape index (κ3) is 4.39. The maximum Gasteiger partial charge on any atom is 0.251 e. The van der Waals surface area contributed by atoms with Gasteiger partial charge in [-0.25, -0.2) is 0 Å². The van der Waals surface area contributed by atoms with Crippen molar-refractivity contribution in [2.75, 3.05) is 6.61 Å². The zero-order chi connectivity index (χ0) is 24.5. The van der Waals surface area contributed by atoms with Gasteiger partial charge in [0.25, 0.3) is 5.91 Å². The molecule has 0 saturated carbocycles. The smallest absolute Gasteiger partial charge is 0.251 e. The number of carbonyl (C=O) groups excluding carboxylic acids is 2. The molecule has 0 unspecified atom stereocenters. The average Bonchev–Trinajstić information content (AvgIpc) is 2.85. The van der Waals surface area contributed by atoms with Crippen LogP contribution in [0.15, 0.2) is 48.5 Å². The Hall–Kier alpha value is -3.35. The highest BCUT2D eigenvalue weighted by Crippen LogP contribution is 2.35. The van der Waals surface area contributed by atoms with Crippen LogP contribution in [0, 0.1) is 11.3 Å². The van der Waals surface area contributed by atoms with Crippen LogP contribution in [-0.2, 0) is 4.79 Å². The summed E-state index contributed by atoms with van der Waals surface area (Å²) in [4.78, 5) is 27.8. The number of hydrogen-bond acceptors (Lipinski definition) is 4. The van der Waals surface area contributed by atoms with E-state index in [1.54, 1.807) is 6.07 Å². The Labute approximate surface area is 201 Å². The van der Waals surface area contributed by atoms with Crippen molar-refractivity contribution < 1.29 is 14.3 Å². The number of benzene rings is 2. The lowest BCUT2D eigenvalue weighted by Crippen LogP contribution is -2.62. The summed E-state index contributed by atoms with van der Waals surface area (Å²) in [5.41, 5.74) is 1.96. The molecule has 0 aliphatic carbocycles. The third-order valence-electron chi connectivity index (χ3n) is 7.37. The Morgan fingerprint density at radius 2 is 1.97 bits per heavy atom. The van der Waals surface area contributed by atoms with Crippen molar-refractivity contribution in [2.45, 2.75) is 64.6 Å². The monoisotopic (exact) mass is 462 g/mol. The summed E-state index contributed by atoms with van der Waals surface area (Å²) in [7, 11) is 0. The van der Waals surface area contributed by atoms with Gasteiger partial charge in [0.15, 0.2) is 5.96 Å². The largest absolute Gasteiger partial charge is 0.493 e. The number of ether oxygens (including phenoxy) is 1. The van der Waals surface area contributed by atoms with E-state index in [2.05, 4.69) is 17.6 Å². The predicted molar refractivity (Wildman–Crippen MR) is 132 cm³/mol. The van der Waals surface area contributed by atoms with Crippen LogP contribution in [-0.4, -0.2) is 34.8 Å². The van der Waals surface area contributed by atoms with Gasteiger partial charge in [0, 0.05) is 22.6 Å². The number of para-hydroxylation sites is 1. The van der Waals surface area contributed by atoms with Gasteiger partial charge >= 0.3 is 0 Å². The lowest BCUT2D eigenvalue weighted by atomic mass is 9.86. The van der Waals surface area contributed by atoms with Crippen LogP contribution in [0.4, 0.5) is 0 Å². The van der Waals surface area contributed by atoms with E-state index in [9.17, 15) is 9.59 Å². The quantitative estimate of drug-likeness (QED) is 0.586. The Morgan fingerprint density at radius 1 is 1.24 bits per heavy atom. The number of nitrogens with one attached hydrogen (secondary N) is 3. The molecular weight excluding hydrogens is 428 g/mol. The molecule has 4 rings (SSSR count). The van der Waals surface area contributed by atoms with Gasteiger partial charge in [0.1, 0.15) is 5.75 Å². The van der Waals surface area contributed by atoms with Gasteiger partial charge in [-0.2, -0.15) is 0 Å². The second kappa shape index (κ2) is 9.49. The van der Waals surface area contributed by atoms with E-state index >= 15 is 0 Å². The second-order valence-corrected chi connectivity index (χ2v) is 9.48. The zero-order valence-electron chi connectivity index (χ0n) is 20.4. The number of hydrogen-bond donors (Lipinski definition) is 3. The molecule has 0 bridgehead atoms. The van der Waals surface area contributed by atoms with Crippen molar-refractivity contribution in [1.29, 1.82) is 5.41 Å². The predicted octanol–water partition coefficient (Wildman–Crippen LogP) is 4.56. The highest BCUT2D eigenvalue weighted by molar-refractivity contribution is 6.00. The molecule has 0 radical (unpaired) electrons. The van der Waals surface area contributed by atoms with Gasteiger partial charge in [-0.1, -0.05) is 51.1 Å². The average molecular weight is 463 g/mol. The minimum atomic E-state index is -0.366. The Kier molecular flexibility index (Phi) is 6.64. The molecule has 3 N–H and O–H groups in total. The van der Waals surface area contributed by atoms with E-state index in [1.165, 1.54) is 4.90 Å². The fourth-order valence-electron chi connectivity index (χ4n) is 4.97. The van der Waals surface area contributed by atoms with Crippen LogP contribution in [0.3, 0.4) is 0 Å². The summed E-state index contributed by atoms with van der Waals surface area (Å²) < 4.78 is 5.81. The minimum absolute atomic E-state index is 0.0672. The highest BCUT2D eigenvalue weighted by atomic mass is 16.5. The van der Waals surface area contributed by atoms with Crippen LogP contribution in [0.5, 0.6) is 5.75 Å². The normalized spacial score (nSPS) is 22.3. The van der Waals surface area contributed by atoms with Crippen LogP contribution in [0.2, 0.25) is 0 Å². The minimum Gasteiger partial charge on any atom is -0.493 e. The van der Waals surface area contributed by atoms with E-state index < -0.39 is 0 Å². The number of fused-ring (bicyclic) bond motifs is 1. The molecule has 1 saturated heterocycles. The van der Waals surface area contributed by atoms with Gasteiger partial charge in [-0.15, -0.1) is 0 Å². The van der Waals surface area contributed by atoms with E-state index in [0.717, 1.165) is 29.7 Å². The Bertz CT molecular complexity index is 1070. The Balaban J connectivity index is 1.53. The van der Waals surface area contributed by atoms with Gasteiger partial charge in [-0.3, -0.25) is 19.9 Å². The van der Waals surface area contributed by atoms with Crippen LogP contribution >= 0.6 is 0 Å². The fourth-order valence-corrected chi connectivity index (χ4v) is 4.97. The van der Waals surface area contributed by atoms with Crippen LogP contribution < -0.4 is 15.4 Å². The Morgan fingerprint density at radius 3 is 2.68 bits per heavy atom. The molecule has 2 aliphatic rings. The van der Waals surface area contributed by atoms with Crippen molar-refractivity contribution in [3.05, 3.63) is 65.2 Å². The first-order valence-electron chi connectivity index (χ1n) is 12.1. The summed E-state index contributed by atoms with van der Waals surface area (Å²) in [6.07, 6.45) is 1.92. The van der Waals surface area contributed by atoms with E-state index in [-0.39, 0.29) is 41.3 Å². The van der Waals surface area contributed by atoms with E-state index in [0.29, 0.717) is 18.6 Å². The molecule has 0 spiro atoms. The van der Waals surface area contributed by atoms with Crippen molar-refractivity contribution >= 4 is 17.8 Å². The van der Waals surface area contributed by atoms with Crippen molar-refractivity contribution in [2.24, 2.45) is 5.92 Å². The van der Waals surface area contributed by atoms with E-state index in [4.69, 9.17) is 10.1 Å². The fraction of sp³-hybridized carbons (Fsp3) is 0.444. The first-order valence-corrected chi connectivity index (χ1v) is 12.1. The van der Waals surface area contributed by atoms with Gasteiger partial charge < -0.3 is 15.4 Å². The molecule has 0 aromatic heterocycles. The third-order valence-corrected chi connectivity index (χ3v) is 7.37. The number of carbonyl (C=O) groups is 2. The van der Waals surface area contributed by atoms with Gasteiger partial charge in [0.05, 0.1) is 25.1 Å². The molecule has 2 heterocycles. The first kappa shape index (κ1) is 23.8. The first-order chi connectivity index (χ1) is 16.3. The second-order valence-electron chi connectivity index (χ2n) is 9.48. The molecule has 1 fully saturated rings. The highest BCUT2D eigenvalue weighted by Gasteiger charge is 2.41. The summed E-state index contributed by atoms with van der Waals surface area (Å²) in [6, 6.07) is 14.6. The SMILES string of the molecule is CCC1(CC)CC(=O)N([C@H](C)c2cccc(C(=O)N[C@@H]3c4ccccc4OC[C@@H]3C)c2)C(=N)N1. The van der Waals surface area contributed by atoms with E-state index in [1.807, 2.05) is 63.2 Å². The zero-order valence-corrected chi connectivity index (χ0v) is 20.4. The summed E-state index contributed by atoms with van der Waals surface area (Å²) in [6.45, 7) is 8.58. The molecule has 2 aliphatic heterocycles.